The zero-order valence-corrected chi connectivity index (χ0v) is 9.53. The summed E-state index contributed by atoms with van der Waals surface area (Å²) in [6.45, 7) is 2.06. The molecule has 100 valence electrons. The molecule has 2 saturated heterocycles. The van der Waals surface area contributed by atoms with Crippen molar-refractivity contribution in [3.05, 3.63) is 0 Å². The van der Waals surface area contributed by atoms with Gasteiger partial charge in [-0.05, 0) is 0 Å². The second kappa shape index (κ2) is 5.15. The minimum atomic E-state index is -1.83. The molecule has 2 aliphatic rings. The van der Waals surface area contributed by atoms with E-state index in [-0.39, 0.29) is 6.54 Å². The summed E-state index contributed by atoms with van der Waals surface area (Å²) in [6, 6.07) is 0. The van der Waals surface area contributed by atoms with E-state index in [2.05, 4.69) is 0 Å². The Hall–Kier alpha value is -0.280. The molecular formula is C10H19NO6. The summed E-state index contributed by atoms with van der Waals surface area (Å²) in [5, 5.41) is 38.4. The first-order valence-corrected chi connectivity index (χ1v) is 5.74. The van der Waals surface area contributed by atoms with E-state index in [1.54, 1.807) is 0 Å². The number of aliphatic hydroxyl groups is 4. The first-order chi connectivity index (χ1) is 8.07. The van der Waals surface area contributed by atoms with Gasteiger partial charge in [0.15, 0.2) is 0 Å². The average molecular weight is 249 g/mol. The minimum Gasteiger partial charge on any atom is -0.394 e. The van der Waals surface area contributed by atoms with Crippen molar-refractivity contribution in [1.29, 1.82) is 0 Å². The molecule has 0 aromatic heterocycles. The van der Waals surface area contributed by atoms with Crippen LogP contribution in [0.25, 0.3) is 0 Å². The van der Waals surface area contributed by atoms with E-state index in [9.17, 15) is 15.3 Å². The van der Waals surface area contributed by atoms with Crippen LogP contribution >= 0.6 is 0 Å². The van der Waals surface area contributed by atoms with Crippen molar-refractivity contribution in [2.75, 3.05) is 39.5 Å². The zero-order chi connectivity index (χ0) is 12.5. The molecule has 0 bridgehead atoms. The van der Waals surface area contributed by atoms with Gasteiger partial charge < -0.3 is 29.9 Å². The molecule has 7 heteroatoms. The van der Waals surface area contributed by atoms with Crippen LogP contribution in [0.1, 0.15) is 0 Å². The van der Waals surface area contributed by atoms with Gasteiger partial charge in [-0.2, -0.15) is 0 Å². The van der Waals surface area contributed by atoms with Gasteiger partial charge in [0.1, 0.15) is 18.3 Å². The SMILES string of the molecule is OC[C@H]1O[C@@](O)(CN2CCOCC2)[C@H](O)[C@H]1O. The molecule has 7 nitrogen and oxygen atoms in total. The highest BCUT2D eigenvalue weighted by atomic mass is 16.7. The van der Waals surface area contributed by atoms with Crippen molar-refractivity contribution in [3.8, 4) is 0 Å². The van der Waals surface area contributed by atoms with Crippen LogP contribution in [-0.2, 0) is 9.47 Å². The lowest BCUT2D eigenvalue weighted by molar-refractivity contribution is -0.241. The van der Waals surface area contributed by atoms with Crippen LogP contribution in [0.5, 0.6) is 0 Å². The van der Waals surface area contributed by atoms with Crippen LogP contribution in [0.3, 0.4) is 0 Å². The van der Waals surface area contributed by atoms with Gasteiger partial charge in [-0.1, -0.05) is 0 Å². The topological polar surface area (TPSA) is 103 Å². The lowest BCUT2D eigenvalue weighted by atomic mass is 10.0. The maximum Gasteiger partial charge on any atom is 0.208 e. The summed E-state index contributed by atoms with van der Waals surface area (Å²) >= 11 is 0. The Kier molecular flexibility index (Phi) is 3.99. The maximum absolute atomic E-state index is 10.2. The van der Waals surface area contributed by atoms with E-state index in [0.717, 1.165) is 0 Å². The van der Waals surface area contributed by atoms with E-state index in [0.29, 0.717) is 26.3 Å². The van der Waals surface area contributed by atoms with Crippen molar-refractivity contribution in [3.63, 3.8) is 0 Å². The molecule has 0 spiro atoms. The first-order valence-electron chi connectivity index (χ1n) is 5.74. The van der Waals surface area contributed by atoms with Crippen LogP contribution in [0.15, 0.2) is 0 Å². The molecule has 0 saturated carbocycles. The smallest absolute Gasteiger partial charge is 0.208 e. The lowest BCUT2D eigenvalue weighted by Gasteiger charge is -2.34. The summed E-state index contributed by atoms with van der Waals surface area (Å²) in [4.78, 5) is 1.89. The summed E-state index contributed by atoms with van der Waals surface area (Å²) in [6.07, 6.45) is -3.63. The molecule has 2 aliphatic heterocycles. The Morgan fingerprint density at radius 3 is 2.41 bits per heavy atom. The van der Waals surface area contributed by atoms with Crippen LogP contribution in [-0.4, -0.2) is 88.9 Å². The number of hydrogen-bond donors (Lipinski definition) is 4. The third kappa shape index (κ3) is 2.60. The number of nitrogens with zero attached hydrogens (tertiary/aromatic N) is 1. The second-order valence-corrected chi connectivity index (χ2v) is 4.51. The van der Waals surface area contributed by atoms with Crippen LogP contribution in [0.2, 0.25) is 0 Å². The van der Waals surface area contributed by atoms with Crippen molar-refractivity contribution in [1.82, 2.24) is 4.90 Å². The predicted octanol–water partition coefficient (Wildman–Crippen LogP) is -2.88. The minimum absolute atomic E-state index is 0.0884. The van der Waals surface area contributed by atoms with Gasteiger partial charge in [0.25, 0.3) is 0 Å². The molecular weight excluding hydrogens is 230 g/mol. The van der Waals surface area contributed by atoms with Gasteiger partial charge in [-0.15, -0.1) is 0 Å². The molecule has 0 aromatic carbocycles. The molecule has 0 unspecified atom stereocenters. The van der Waals surface area contributed by atoms with Gasteiger partial charge in [-0.3, -0.25) is 4.90 Å². The highest BCUT2D eigenvalue weighted by Crippen LogP contribution is 2.30. The standard InChI is InChI=1S/C10H19NO6/c12-5-7-8(13)9(14)10(15,17-7)6-11-1-3-16-4-2-11/h7-9,12-15H,1-6H2/t7-,8+,9-,10+/m1/s1. The van der Waals surface area contributed by atoms with E-state index in [4.69, 9.17) is 14.6 Å². The van der Waals surface area contributed by atoms with Gasteiger partial charge in [0.2, 0.25) is 5.79 Å². The van der Waals surface area contributed by atoms with Crippen molar-refractivity contribution in [2.24, 2.45) is 0 Å². The predicted molar refractivity (Wildman–Crippen MR) is 56.2 cm³/mol. The monoisotopic (exact) mass is 249 g/mol. The number of aliphatic hydroxyl groups excluding tert-OH is 3. The summed E-state index contributed by atoms with van der Waals surface area (Å²) in [7, 11) is 0. The van der Waals surface area contributed by atoms with Crippen LogP contribution in [0.4, 0.5) is 0 Å². The Morgan fingerprint density at radius 1 is 1.24 bits per heavy atom. The molecule has 4 atom stereocenters. The quantitative estimate of drug-likeness (QED) is 0.426. The molecule has 0 amide bonds. The molecule has 2 heterocycles. The van der Waals surface area contributed by atoms with Gasteiger partial charge in [-0.25, -0.2) is 0 Å². The average Bonchev–Trinajstić information content (AvgIpc) is 2.55. The Balaban J connectivity index is 1.98. The summed E-state index contributed by atoms with van der Waals surface area (Å²) in [5.74, 6) is -1.83. The Labute approximate surface area is 99.2 Å². The Bertz CT molecular complexity index is 259. The number of hydrogen-bond acceptors (Lipinski definition) is 7. The molecule has 4 N–H and O–H groups in total. The number of β-amino-alcohol motifs (C(OH)–C–C–N with tert-alkyl or cyclic N) is 1. The van der Waals surface area contributed by atoms with E-state index >= 15 is 0 Å². The lowest BCUT2D eigenvalue weighted by Crippen LogP contribution is -2.53. The number of ether oxygens (including phenoxy) is 2. The van der Waals surface area contributed by atoms with Crippen molar-refractivity contribution in [2.45, 2.75) is 24.1 Å². The van der Waals surface area contributed by atoms with Crippen molar-refractivity contribution < 1.29 is 29.9 Å². The van der Waals surface area contributed by atoms with Gasteiger partial charge in [0, 0.05) is 13.1 Å². The number of morpholine rings is 1. The maximum atomic E-state index is 10.2. The van der Waals surface area contributed by atoms with E-state index in [1.165, 1.54) is 0 Å². The zero-order valence-electron chi connectivity index (χ0n) is 9.53. The molecule has 17 heavy (non-hydrogen) atoms. The molecule has 0 aliphatic carbocycles. The fourth-order valence-electron chi connectivity index (χ4n) is 2.23. The molecule has 2 fully saturated rings. The fourth-order valence-corrected chi connectivity index (χ4v) is 2.23. The molecule has 2 rings (SSSR count). The third-order valence-electron chi connectivity index (χ3n) is 3.26. The first kappa shape index (κ1) is 13.2. The molecule has 0 radical (unpaired) electrons. The highest BCUT2D eigenvalue weighted by Gasteiger charge is 2.53. The number of rotatable bonds is 3. The fraction of sp³-hybridized carbons (Fsp3) is 1.00. The van der Waals surface area contributed by atoms with Crippen LogP contribution < -0.4 is 0 Å². The summed E-state index contributed by atoms with van der Waals surface area (Å²) in [5.41, 5.74) is 0. The summed E-state index contributed by atoms with van der Waals surface area (Å²) < 4.78 is 10.3. The normalized spacial score (nSPS) is 44.1. The van der Waals surface area contributed by atoms with E-state index in [1.807, 2.05) is 4.90 Å². The highest BCUT2D eigenvalue weighted by molar-refractivity contribution is 4.97. The second-order valence-electron chi connectivity index (χ2n) is 4.51. The van der Waals surface area contributed by atoms with Crippen LogP contribution in [0, 0.1) is 0 Å². The van der Waals surface area contributed by atoms with E-state index < -0.39 is 30.7 Å². The molecule has 0 aromatic rings. The van der Waals surface area contributed by atoms with Crippen molar-refractivity contribution >= 4 is 0 Å². The third-order valence-corrected chi connectivity index (χ3v) is 3.26. The Morgan fingerprint density at radius 2 is 1.88 bits per heavy atom. The largest absolute Gasteiger partial charge is 0.394 e. The van der Waals surface area contributed by atoms with Gasteiger partial charge >= 0.3 is 0 Å². The van der Waals surface area contributed by atoms with Gasteiger partial charge in [0.05, 0.1) is 26.4 Å².